The highest BCUT2D eigenvalue weighted by Crippen LogP contribution is 2.64. The van der Waals surface area contributed by atoms with Gasteiger partial charge in [-0.15, -0.1) is 6.42 Å². The molecule has 0 heterocycles. The van der Waals surface area contributed by atoms with Gasteiger partial charge in [-0.05, 0) is 49.9 Å². The molecule has 4 aliphatic carbocycles. The quantitative estimate of drug-likeness (QED) is 0.523. The number of rotatable bonds is 0. The minimum absolute atomic E-state index is 0.155. The third-order valence-electron chi connectivity index (χ3n) is 7.39. The van der Waals surface area contributed by atoms with Crippen LogP contribution >= 0.6 is 0 Å². The van der Waals surface area contributed by atoms with Crippen LogP contribution in [0.15, 0.2) is 35.5 Å². The van der Waals surface area contributed by atoms with Gasteiger partial charge in [0.1, 0.15) is 0 Å². The zero-order valence-corrected chi connectivity index (χ0v) is 13.7. The highest BCUT2D eigenvalue weighted by Gasteiger charge is 2.56. The summed E-state index contributed by atoms with van der Waals surface area (Å²) in [6, 6.07) is 0. The Morgan fingerprint density at radius 3 is 2.86 bits per heavy atom. The highest BCUT2D eigenvalue weighted by atomic mass is 16.3. The van der Waals surface area contributed by atoms with E-state index in [0.29, 0.717) is 5.92 Å². The van der Waals surface area contributed by atoms with Crippen LogP contribution in [0.2, 0.25) is 0 Å². The number of hydrogen-bond acceptors (Lipinski definition) is 1. The van der Waals surface area contributed by atoms with E-state index in [1.165, 1.54) is 36.8 Å². The Bertz CT molecular complexity index is 631. The summed E-state index contributed by atoms with van der Waals surface area (Å²) in [5.74, 6) is 5.17. The molecule has 3 unspecified atom stereocenters. The van der Waals surface area contributed by atoms with E-state index in [9.17, 15) is 5.11 Å². The van der Waals surface area contributed by atoms with Crippen molar-refractivity contribution in [2.75, 3.05) is 0 Å². The van der Waals surface area contributed by atoms with Gasteiger partial charge in [0, 0.05) is 16.4 Å². The molecule has 2 saturated carbocycles. The summed E-state index contributed by atoms with van der Waals surface area (Å²) in [5, 5.41) is 9.92. The topological polar surface area (TPSA) is 20.2 Å². The molecule has 1 nitrogen and oxygen atoms in total. The number of allylic oxidation sites excluding steroid dienone is 4. The number of hydrogen-bond donors (Lipinski definition) is 1. The predicted octanol–water partition coefficient (Wildman–Crippen LogP) is 4.26. The molecule has 0 aliphatic heterocycles. The molecule has 1 N–H and O–H groups in total. The van der Waals surface area contributed by atoms with Crippen LogP contribution in [-0.2, 0) is 0 Å². The molecular weight excluding hydrogens is 268 g/mol. The summed E-state index contributed by atoms with van der Waals surface area (Å²) in [4.78, 5) is 0. The second-order valence-corrected chi connectivity index (χ2v) is 8.19. The molecule has 4 aliphatic rings. The Hall–Kier alpha value is -1.26. The molecule has 0 radical (unpaired) electrons. The number of aliphatic hydroxyl groups is 1. The van der Waals surface area contributed by atoms with Crippen molar-refractivity contribution in [2.24, 2.45) is 28.6 Å². The summed E-state index contributed by atoms with van der Waals surface area (Å²) in [7, 11) is 0. The van der Waals surface area contributed by atoms with Gasteiger partial charge < -0.3 is 5.11 Å². The molecule has 0 aromatic rings. The van der Waals surface area contributed by atoms with E-state index in [0.717, 1.165) is 18.3 Å². The van der Waals surface area contributed by atoms with Crippen molar-refractivity contribution in [3.8, 4) is 12.3 Å². The number of fused-ring (bicyclic) bond motifs is 5. The van der Waals surface area contributed by atoms with E-state index < -0.39 is 0 Å². The molecule has 1 heteroatoms. The third kappa shape index (κ3) is 1.71. The van der Waals surface area contributed by atoms with Crippen LogP contribution in [0.5, 0.6) is 0 Å². The lowest BCUT2D eigenvalue weighted by molar-refractivity contribution is -0.00551. The number of aliphatic hydroxyl groups excluding tert-OH is 1. The fourth-order valence-corrected chi connectivity index (χ4v) is 6.11. The van der Waals surface area contributed by atoms with Crippen molar-refractivity contribution in [3.05, 3.63) is 35.5 Å². The van der Waals surface area contributed by atoms with E-state index in [4.69, 9.17) is 6.42 Å². The molecule has 4 rings (SSSR count). The molecule has 0 bridgehead atoms. The average molecular weight is 294 g/mol. The minimum atomic E-state index is -0.380. The second kappa shape index (κ2) is 4.62. The van der Waals surface area contributed by atoms with Crippen LogP contribution in [0.25, 0.3) is 0 Å². The first-order valence-electron chi connectivity index (χ1n) is 8.75. The van der Waals surface area contributed by atoms with E-state index in [1.807, 2.05) is 6.08 Å². The Kier molecular flexibility index (Phi) is 3.01. The second-order valence-electron chi connectivity index (χ2n) is 8.19. The third-order valence-corrected chi connectivity index (χ3v) is 7.39. The van der Waals surface area contributed by atoms with E-state index in [-0.39, 0.29) is 16.9 Å². The maximum Gasteiger partial charge on any atom is 0.0905 e. The molecule has 116 valence electrons. The van der Waals surface area contributed by atoms with Crippen LogP contribution < -0.4 is 0 Å². The summed E-state index contributed by atoms with van der Waals surface area (Å²) in [6.45, 7) is 4.80. The van der Waals surface area contributed by atoms with Crippen molar-refractivity contribution in [1.82, 2.24) is 0 Å². The summed E-state index contributed by atoms with van der Waals surface area (Å²) >= 11 is 0. The van der Waals surface area contributed by atoms with Crippen LogP contribution in [0.1, 0.15) is 46.0 Å². The molecule has 0 saturated heterocycles. The van der Waals surface area contributed by atoms with Crippen LogP contribution in [0.3, 0.4) is 0 Å². The Balaban J connectivity index is 1.69. The van der Waals surface area contributed by atoms with Crippen LogP contribution in [-0.4, -0.2) is 11.2 Å². The summed E-state index contributed by atoms with van der Waals surface area (Å²) in [5.41, 5.74) is 3.13. The Morgan fingerprint density at radius 1 is 1.27 bits per heavy atom. The first kappa shape index (κ1) is 14.3. The van der Waals surface area contributed by atoms with Gasteiger partial charge >= 0.3 is 0 Å². The molecule has 22 heavy (non-hydrogen) atoms. The number of terminal acetylenes is 1. The van der Waals surface area contributed by atoms with Gasteiger partial charge in [0.2, 0.25) is 0 Å². The van der Waals surface area contributed by atoms with Gasteiger partial charge in [0.15, 0.2) is 0 Å². The smallest absolute Gasteiger partial charge is 0.0905 e. The maximum absolute atomic E-state index is 9.92. The first-order valence-corrected chi connectivity index (χ1v) is 8.75. The van der Waals surface area contributed by atoms with E-state index in [1.54, 1.807) is 0 Å². The van der Waals surface area contributed by atoms with E-state index in [2.05, 4.69) is 38.0 Å². The molecule has 0 aromatic carbocycles. The van der Waals surface area contributed by atoms with Crippen LogP contribution in [0.4, 0.5) is 0 Å². The fraction of sp³-hybridized carbons (Fsp3) is 0.619. The molecular formula is C21H26O. The normalized spacial score (nSPS) is 49.4. The van der Waals surface area contributed by atoms with Crippen LogP contribution in [0, 0.1) is 40.9 Å². The van der Waals surface area contributed by atoms with Crippen molar-refractivity contribution in [3.63, 3.8) is 0 Å². The largest absolute Gasteiger partial charge is 0.385 e. The first-order chi connectivity index (χ1) is 10.5. The fourth-order valence-electron chi connectivity index (χ4n) is 6.11. The SMILES string of the molecule is C#CC1=CCC2C3CCC4=C[C@@H](O)C=C[C@]4(C)C3CC[C@]12C. The highest BCUT2D eigenvalue weighted by molar-refractivity contribution is 5.40. The molecule has 6 atom stereocenters. The van der Waals surface area contributed by atoms with Crippen molar-refractivity contribution in [2.45, 2.75) is 52.1 Å². The molecule has 0 amide bonds. The van der Waals surface area contributed by atoms with Crippen molar-refractivity contribution < 1.29 is 5.11 Å². The van der Waals surface area contributed by atoms with Crippen molar-refractivity contribution >= 4 is 0 Å². The standard InChI is InChI=1S/C21H26O/c1-4-14-6-8-18-17-7-5-15-13-16(22)9-11-21(15,3)19(17)10-12-20(14,18)2/h1,6,9,11,13,16-19,22H,5,7-8,10,12H2,2-3H3/t16-,17?,18?,19?,20+,21-/m0/s1. The predicted molar refractivity (Wildman–Crippen MR) is 89.9 cm³/mol. The monoisotopic (exact) mass is 294 g/mol. The van der Waals surface area contributed by atoms with E-state index >= 15 is 0 Å². The average Bonchev–Trinajstić information content (AvgIpc) is 2.84. The van der Waals surface area contributed by atoms with Gasteiger partial charge in [0.25, 0.3) is 0 Å². The lowest BCUT2D eigenvalue weighted by Crippen LogP contribution is -2.49. The molecule has 0 spiro atoms. The minimum Gasteiger partial charge on any atom is -0.385 e. The maximum atomic E-state index is 9.92. The lowest BCUT2D eigenvalue weighted by Gasteiger charge is -2.56. The zero-order chi connectivity index (χ0) is 15.5. The summed E-state index contributed by atoms with van der Waals surface area (Å²) in [6.07, 6.45) is 20.2. The lowest BCUT2D eigenvalue weighted by atomic mass is 9.48. The Labute approximate surface area is 134 Å². The van der Waals surface area contributed by atoms with Gasteiger partial charge in [-0.25, -0.2) is 0 Å². The van der Waals surface area contributed by atoms with Gasteiger partial charge in [-0.2, -0.15) is 0 Å². The van der Waals surface area contributed by atoms with Gasteiger partial charge in [0.05, 0.1) is 6.10 Å². The van der Waals surface area contributed by atoms with Gasteiger partial charge in [-0.1, -0.05) is 49.6 Å². The Morgan fingerprint density at radius 2 is 2.09 bits per heavy atom. The molecule has 2 fully saturated rings. The zero-order valence-electron chi connectivity index (χ0n) is 13.7. The van der Waals surface area contributed by atoms with Gasteiger partial charge in [-0.3, -0.25) is 0 Å². The molecule has 0 aromatic heterocycles. The summed E-state index contributed by atoms with van der Waals surface area (Å²) < 4.78 is 0. The van der Waals surface area contributed by atoms with Crippen molar-refractivity contribution in [1.29, 1.82) is 0 Å².